The molecular formula is C32H37N3O6. The van der Waals surface area contributed by atoms with E-state index in [0.29, 0.717) is 23.8 Å². The number of hydrogen-bond donors (Lipinski definition) is 2. The lowest BCUT2D eigenvalue weighted by Crippen LogP contribution is -2.46. The number of benzene rings is 3. The molecule has 216 valence electrons. The molecule has 3 aromatic rings. The fourth-order valence-corrected chi connectivity index (χ4v) is 6.18. The van der Waals surface area contributed by atoms with Gasteiger partial charge in [-0.1, -0.05) is 50.2 Å². The highest BCUT2D eigenvalue weighted by atomic mass is 16.7. The molecule has 0 unspecified atom stereocenters. The van der Waals surface area contributed by atoms with Crippen LogP contribution in [-0.2, 0) is 22.4 Å². The number of carbonyl (C=O) groups is 2. The average Bonchev–Trinajstić information content (AvgIpc) is 3.61. The second-order valence-corrected chi connectivity index (χ2v) is 10.5. The fraction of sp³-hybridized carbons (Fsp3) is 0.375. The van der Waals surface area contributed by atoms with E-state index in [4.69, 9.17) is 14.2 Å². The quantitative estimate of drug-likeness (QED) is 0.349. The van der Waals surface area contributed by atoms with Crippen LogP contribution in [-0.4, -0.2) is 55.9 Å². The number of likely N-dealkylation sites (tertiary alicyclic amines) is 1. The molecule has 3 aromatic carbocycles. The Hall–Kier alpha value is -4.24. The van der Waals surface area contributed by atoms with Gasteiger partial charge in [-0.05, 0) is 59.4 Å². The minimum atomic E-state index is -0.919. The van der Waals surface area contributed by atoms with Gasteiger partial charge in [0.05, 0.1) is 25.3 Å². The lowest BCUT2D eigenvalue weighted by molar-refractivity contribution is -0.143. The van der Waals surface area contributed by atoms with Crippen molar-refractivity contribution in [2.45, 2.75) is 38.6 Å². The van der Waals surface area contributed by atoms with Gasteiger partial charge in [0.2, 0.25) is 6.79 Å². The summed E-state index contributed by atoms with van der Waals surface area (Å²) in [6.07, 6.45) is 1.68. The molecule has 41 heavy (non-hydrogen) atoms. The van der Waals surface area contributed by atoms with E-state index in [9.17, 15) is 14.7 Å². The van der Waals surface area contributed by atoms with Crippen molar-refractivity contribution < 1.29 is 28.9 Å². The van der Waals surface area contributed by atoms with Crippen LogP contribution < -0.4 is 24.6 Å². The second-order valence-electron chi connectivity index (χ2n) is 10.5. The molecule has 0 aromatic heterocycles. The summed E-state index contributed by atoms with van der Waals surface area (Å²) in [5.74, 6) is -0.366. The molecule has 1 amide bonds. The molecule has 9 heteroatoms. The third kappa shape index (κ3) is 5.67. The molecule has 2 aliphatic heterocycles. The van der Waals surface area contributed by atoms with Crippen molar-refractivity contribution in [2.24, 2.45) is 5.92 Å². The molecule has 0 saturated carbocycles. The summed E-state index contributed by atoms with van der Waals surface area (Å²) < 4.78 is 16.4. The Kier molecular flexibility index (Phi) is 8.35. The molecule has 0 radical (unpaired) electrons. The lowest BCUT2D eigenvalue weighted by atomic mass is 9.82. The molecule has 5 rings (SSSR count). The highest BCUT2D eigenvalue weighted by Gasteiger charge is 2.48. The summed E-state index contributed by atoms with van der Waals surface area (Å²) in [7, 11) is 3.44. The maximum Gasteiger partial charge on any atom is 0.309 e. The Morgan fingerprint density at radius 2 is 1.66 bits per heavy atom. The van der Waals surface area contributed by atoms with Crippen LogP contribution in [0.4, 0.5) is 5.69 Å². The van der Waals surface area contributed by atoms with E-state index in [-0.39, 0.29) is 25.2 Å². The van der Waals surface area contributed by atoms with Crippen LogP contribution in [0.2, 0.25) is 0 Å². The molecular weight excluding hydrogens is 522 g/mol. The largest absolute Gasteiger partial charge is 0.497 e. The van der Waals surface area contributed by atoms with Gasteiger partial charge >= 0.3 is 5.97 Å². The summed E-state index contributed by atoms with van der Waals surface area (Å²) in [5, 5.41) is 12.3. The molecule has 1 fully saturated rings. The number of fused-ring (bicyclic) bond motifs is 1. The summed E-state index contributed by atoms with van der Waals surface area (Å²) in [5.41, 5.74) is 8.00. The Morgan fingerprint density at radius 1 is 1.00 bits per heavy atom. The highest BCUT2D eigenvalue weighted by Crippen LogP contribution is 2.47. The Labute approximate surface area is 240 Å². The molecule has 2 N–H and O–H groups in total. The molecule has 0 spiro atoms. The van der Waals surface area contributed by atoms with Crippen LogP contribution in [0.3, 0.4) is 0 Å². The van der Waals surface area contributed by atoms with Gasteiger partial charge in [-0.25, -0.2) is 0 Å². The van der Waals surface area contributed by atoms with E-state index >= 15 is 0 Å². The number of carboxylic acids is 1. The van der Waals surface area contributed by atoms with Gasteiger partial charge < -0.3 is 19.3 Å². The van der Waals surface area contributed by atoms with Gasteiger partial charge in [-0.2, -0.15) is 0 Å². The Bertz CT molecular complexity index is 1390. The van der Waals surface area contributed by atoms with Gasteiger partial charge in [0.25, 0.3) is 5.91 Å². The first kappa shape index (κ1) is 28.3. The number of nitrogens with zero attached hydrogens (tertiary/aromatic N) is 2. The number of aryl methyl sites for hydroxylation is 2. The topological polar surface area (TPSA) is 101 Å². The molecule has 0 bridgehead atoms. The number of methoxy groups -OCH3 is 1. The average molecular weight is 560 g/mol. The summed E-state index contributed by atoms with van der Waals surface area (Å²) in [6.45, 7) is 4.75. The second kappa shape index (κ2) is 12.1. The zero-order valence-corrected chi connectivity index (χ0v) is 23.9. The maximum absolute atomic E-state index is 13.5. The smallest absolute Gasteiger partial charge is 0.309 e. The number of hydrazine groups is 1. The number of anilines is 1. The van der Waals surface area contributed by atoms with Crippen LogP contribution in [0.5, 0.6) is 17.2 Å². The van der Waals surface area contributed by atoms with E-state index in [1.807, 2.05) is 60.5 Å². The third-order valence-corrected chi connectivity index (χ3v) is 8.10. The Balaban J connectivity index is 1.45. The van der Waals surface area contributed by atoms with Gasteiger partial charge in [0.1, 0.15) is 5.75 Å². The van der Waals surface area contributed by atoms with Crippen molar-refractivity contribution in [1.82, 2.24) is 10.3 Å². The van der Waals surface area contributed by atoms with E-state index in [2.05, 4.69) is 31.4 Å². The molecule has 2 heterocycles. The first-order chi connectivity index (χ1) is 19.8. The van der Waals surface area contributed by atoms with E-state index in [1.54, 1.807) is 12.1 Å². The van der Waals surface area contributed by atoms with E-state index in [0.717, 1.165) is 40.8 Å². The van der Waals surface area contributed by atoms with Crippen molar-refractivity contribution in [3.05, 3.63) is 82.9 Å². The minimum Gasteiger partial charge on any atom is -0.497 e. The van der Waals surface area contributed by atoms with Crippen molar-refractivity contribution in [3.8, 4) is 17.2 Å². The number of carboxylic acid groups (broad SMARTS) is 1. The van der Waals surface area contributed by atoms with Gasteiger partial charge in [-0.3, -0.25) is 24.9 Å². The van der Waals surface area contributed by atoms with Crippen molar-refractivity contribution in [3.63, 3.8) is 0 Å². The fourth-order valence-electron chi connectivity index (χ4n) is 6.18. The van der Waals surface area contributed by atoms with Crippen molar-refractivity contribution >= 4 is 17.6 Å². The van der Waals surface area contributed by atoms with Crippen LogP contribution in [0.1, 0.15) is 48.1 Å². The third-order valence-electron chi connectivity index (χ3n) is 8.10. The van der Waals surface area contributed by atoms with Crippen LogP contribution >= 0.6 is 0 Å². The van der Waals surface area contributed by atoms with Crippen molar-refractivity contribution in [1.29, 1.82) is 0 Å². The van der Waals surface area contributed by atoms with Crippen LogP contribution in [0, 0.1) is 5.92 Å². The van der Waals surface area contributed by atoms with Gasteiger partial charge in [0.15, 0.2) is 11.5 Å². The molecule has 2 aliphatic rings. The Morgan fingerprint density at radius 3 is 2.29 bits per heavy atom. The van der Waals surface area contributed by atoms with Gasteiger partial charge in [-0.15, -0.1) is 0 Å². The number of carbonyl (C=O) groups excluding carboxylic acids is 1. The zero-order valence-electron chi connectivity index (χ0n) is 23.9. The van der Waals surface area contributed by atoms with E-state index in [1.165, 1.54) is 0 Å². The molecule has 3 atom stereocenters. The number of hydrogen-bond acceptors (Lipinski definition) is 7. The van der Waals surface area contributed by atoms with Crippen LogP contribution in [0.25, 0.3) is 0 Å². The predicted molar refractivity (Wildman–Crippen MR) is 155 cm³/mol. The molecule has 1 saturated heterocycles. The number of ether oxygens (including phenoxy) is 3. The molecule has 0 aliphatic carbocycles. The van der Waals surface area contributed by atoms with Crippen LogP contribution in [0.15, 0.2) is 60.7 Å². The predicted octanol–water partition coefficient (Wildman–Crippen LogP) is 4.56. The number of nitrogens with one attached hydrogen (secondary N) is 1. The maximum atomic E-state index is 13.5. The standard InChI is InChI=1S/C32H37N3O6/c1-5-20-8-7-9-21(6-2)30(20)34(3)33-28(36)18-35-17-25(23-12-15-26-27(16-23)41-19-40-26)29(32(37)38)31(35)22-10-13-24(39-4)14-11-22/h7-16,25,29,31H,5-6,17-19H2,1-4H3,(H,33,36)(H,37,38)/t25-,29-,31+/m1/s1. The normalized spacial score (nSPS) is 19.7. The SMILES string of the molecule is CCc1cccc(CC)c1N(C)NC(=O)CN1C[C@H](c2ccc3c(c2)OCO3)[C@@H](C(=O)O)[C@@H]1c1ccc(OC)cc1. The number of rotatable bonds is 10. The summed E-state index contributed by atoms with van der Waals surface area (Å²) in [4.78, 5) is 28.3. The number of amides is 1. The lowest BCUT2D eigenvalue weighted by Gasteiger charge is -2.29. The molecule has 9 nitrogen and oxygen atoms in total. The monoisotopic (exact) mass is 559 g/mol. The number of aliphatic carboxylic acids is 1. The summed E-state index contributed by atoms with van der Waals surface area (Å²) in [6, 6.07) is 18.6. The first-order valence-electron chi connectivity index (χ1n) is 14.0. The zero-order chi connectivity index (χ0) is 29.1. The number of para-hydroxylation sites is 1. The minimum absolute atomic E-state index is 0.0294. The van der Waals surface area contributed by atoms with Gasteiger partial charge in [0, 0.05) is 25.6 Å². The van der Waals surface area contributed by atoms with Crippen molar-refractivity contribution in [2.75, 3.05) is 39.0 Å². The summed E-state index contributed by atoms with van der Waals surface area (Å²) >= 11 is 0. The first-order valence-corrected chi connectivity index (χ1v) is 14.0. The van der Waals surface area contributed by atoms with E-state index < -0.39 is 17.9 Å². The highest BCUT2D eigenvalue weighted by molar-refractivity contribution is 5.81.